The van der Waals surface area contributed by atoms with Gasteiger partial charge in [0.1, 0.15) is 0 Å². The SMILES string of the molecule is CCOC(=O)C/C=C/c1cc(F)c(F)cc1Br.CCOC(=O)CCCc1cc(F)c(F)cc1Br. The van der Waals surface area contributed by atoms with Crippen molar-refractivity contribution < 1.29 is 36.6 Å². The van der Waals surface area contributed by atoms with Crippen molar-refractivity contribution >= 4 is 49.9 Å². The zero-order valence-electron chi connectivity index (χ0n) is 18.6. The van der Waals surface area contributed by atoms with Crippen LogP contribution in [-0.4, -0.2) is 25.2 Å². The monoisotopic (exact) mass is 610 g/mol. The third-order valence-corrected chi connectivity index (χ3v) is 5.57. The fourth-order valence-electron chi connectivity index (χ4n) is 2.58. The van der Waals surface area contributed by atoms with Crippen LogP contribution in [-0.2, 0) is 25.5 Å². The molecule has 4 nitrogen and oxygen atoms in total. The molecular formula is C24H24Br2F4O4. The first-order valence-electron chi connectivity index (χ1n) is 10.3. The lowest BCUT2D eigenvalue weighted by Gasteiger charge is -2.05. The molecule has 186 valence electrons. The minimum atomic E-state index is -0.927. The molecule has 0 saturated carbocycles. The molecule has 0 aromatic heterocycles. The van der Waals surface area contributed by atoms with Crippen LogP contribution >= 0.6 is 31.9 Å². The predicted octanol–water partition coefficient (Wildman–Crippen LogP) is 7.31. The largest absolute Gasteiger partial charge is 0.466 e. The number of rotatable bonds is 9. The number of aryl methyl sites for hydroxylation is 1. The van der Waals surface area contributed by atoms with Gasteiger partial charge >= 0.3 is 11.9 Å². The Kier molecular flexibility index (Phi) is 13.7. The first kappa shape index (κ1) is 29.8. The minimum absolute atomic E-state index is 0.0965. The molecule has 2 rings (SSSR count). The average Bonchev–Trinajstić information content (AvgIpc) is 2.76. The second-order valence-corrected chi connectivity index (χ2v) is 8.42. The highest BCUT2D eigenvalue weighted by molar-refractivity contribution is 9.10. The van der Waals surface area contributed by atoms with Crippen molar-refractivity contribution in [2.24, 2.45) is 0 Å². The lowest BCUT2D eigenvalue weighted by molar-refractivity contribution is -0.143. The van der Waals surface area contributed by atoms with E-state index in [0.717, 1.165) is 24.3 Å². The molecule has 0 unspecified atom stereocenters. The van der Waals surface area contributed by atoms with Gasteiger partial charge in [0.25, 0.3) is 0 Å². The third kappa shape index (κ3) is 10.8. The van der Waals surface area contributed by atoms with Gasteiger partial charge in [-0.05, 0) is 62.1 Å². The predicted molar refractivity (Wildman–Crippen MR) is 128 cm³/mol. The second-order valence-electron chi connectivity index (χ2n) is 6.72. The van der Waals surface area contributed by atoms with Gasteiger partial charge in [-0.2, -0.15) is 0 Å². The molecule has 0 atom stereocenters. The van der Waals surface area contributed by atoms with E-state index in [-0.39, 0.29) is 24.8 Å². The smallest absolute Gasteiger partial charge is 0.309 e. The van der Waals surface area contributed by atoms with Gasteiger partial charge in [0.2, 0.25) is 0 Å². The molecule has 10 heteroatoms. The molecule has 0 amide bonds. The molecule has 34 heavy (non-hydrogen) atoms. The van der Waals surface area contributed by atoms with E-state index in [1.54, 1.807) is 13.8 Å². The van der Waals surface area contributed by atoms with Gasteiger partial charge in [-0.1, -0.05) is 44.0 Å². The number of esters is 2. The molecule has 0 heterocycles. The summed E-state index contributed by atoms with van der Waals surface area (Å²) in [5, 5.41) is 0. The Morgan fingerprint density at radius 1 is 0.824 bits per heavy atom. The number of benzene rings is 2. The molecular weight excluding hydrogens is 588 g/mol. The van der Waals surface area contributed by atoms with Gasteiger partial charge in [-0.15, -0.1) is 0 Å². The number of ether oxygens (including phenoxy) is 2. The molecule has 2 aromatic carbocycles. The van der Waals surface area contributed by atoms with Crippen molar-refractivity contribution in [1.29, 1.82) is 0 Å². The first-order valence-corrected chi connectivity index (χ1v) is 11.9. The zero-order chi connectivity index (χ0) is 25.7. The highest BCUT2D eigenvalue weighted by atomic mass is 79.9. The van der Waals surface area contributed by atoms with Gasteiger partial charge in [-0.3, -0.25) is 9.59 Å². The average molecular weight is 612 g/mol. The van der Waals surface area contributed by atoms with E-state index >= 15 is 0 Å². The van der Waals surface area contributed by atoms with Crippen LogP contribution in [0.15, 0.2) is 39.3 Å². The van der Waals surface area contributed by atoms with Crippen LogP contribution in [0.25, 0.3) is 6.08 Å². The van der Waals surface area contributed by atoms with Crippen molar-refractivity contribution in [2.75, 3.05) is 13.2 Å². The summed E-state index contributed by atoms with van der Waals surface area (Å²) >= 11 is 6.26. The quantitative estimate of drug-likeness (QED) is 0.170. The topological polar surface area (TPSA) is 52.6 Å². The minimum Gasteiger partial charge on any atom is -0.466 e. The van der Waals surface area contributed by atoms with E-state index in [1.165, 1.54) is 12.2 Å². The van der Waals surface area contributed by atoms with Gasteiger partial charge in [0, 0.05) is 15.4 Å². The number of halogens is 6. The van der Waals surface area contributed by atoms with E-state index in [4.69, 9.17) is 9.47 Å². The first-order chi connectivity index (χ1) is 16.1. The normalized spacial score (nSPS) is 10.6. The van der Waals surface area contributed by atoms with Gasteiger partial charge in [0.15, 0.2) is 23.3 Å². The van der Waals surface area contributed by atoms with E-state index in [2.05, 4.69) is 31.9 Å². The van der Waals surface area contributed by atoms with Crippen molar-refractivity contribution in [3.63, 3.8) is 0 Å². The van der Waals surface area contributed by atoms with E-state index < -0.39 is 23.3 Å². The molecule has 0 radical (unpaired) electrons. The summed E-state index contributed by atoms with van der Waals surface area (Å²) in [6.45, 7) is 4.13. The van der Waals surface area contributed by atoms with Crippen LogP contribution in [0.4, 0.5) is 17.6 Å². The Hall–Kier alpha value is -2.20. The number of hydrogen-bond acceptors (Lipinski definition) is 4. The molecule has 0 bridgehead atoms. The van der Waals surface area contributed by atoms with Crippen molar-refractivity contribution in [3.8, 4) is 0 Å². The third-order valence-electron chi connectivity index (χ3n) is 4.15. The lowest BCUT2D eigenvalue weighted by Crippen LogP contribution is -2.04. The summed E-state index contributed by atoms with van der Waals surface area (Å²) in [7, 11) is 0. The molecule has 0 N–H and O–H groups in total. The standard InChI is InChI=1S/C12H13BrF2O2.C12H11BrF2O2/c2*1-2-17-12(16)5-3-4-8-6-10(14)11(15)7-9(8)13/h6-7H,2-5H2,1H3;3-4,6-7H,2,5H2,1H3/b;4-3+. The molecule has 0 aliphatic rings. The summed E-state index contributed by atoms with van der Waals surface area (Å²) < 4.78 is 62.0. The summed E-state index contributed by atoms with van der Waals surface area (Å²) in [6.07, 6.45) is 4.48. The Morgan fingerprint density at radius 2 is 1.35 bits per heavy atom. The lowest BCUT2D eigenvalue weighted by atomic mass is 10.1. The highest BCUT2D eigenvalue weighted by Gasteiger charge is 2.09. The van der Waals surface area contributed by atoms with Gasteiger partial charge in [-0.25, -0.2) is 17.6 Å². The summed E-state index contributed by atoms with van der Waals surface area (Å²) in [5.41, 5.74) is 1.11. The molecule has 0 spiro atoms. The molecule has 0 aliphatic heterocycles. The van der Waals surface area contributed by atoms with Crippen LogP contribution in [0.2, 0.25) is 0 Å². The molecule has 2 aromatic rings. The number of carbonyl (C=O) groups is 2. The maximum absolute atomic E-state index is 13.0. The van der Waals surface area contributed by atoms with Crippen molar-refractivity contribution in [3.05, 3.63) is 73.7 Å². The van der Waals surface area contributed by atoms with E-state index in [1.807, 2.05) is 0 Å². The molecule has 0 saturated heterocycles. The van der Waals surface area contributed by atoms with Gasteiger partial charge < -0.3 is 9.47 Å². The number of carbonyl (C=O) groups excluding carboxylic acids is 2. The fraction of sp³-hybridized carbons (Fsp3) is 0.333. The van der Waals surface area contributed by atoms with Crippen LogP contribution in [0.3, 0.4) is 0 Å². The number of hydrogen-bond donors (Lipinski definition) is 0. The van der Waals surface area contributed by atoms with E-state index in [9.17, 15) is 27.2 Å². The fourth-order valence-corrected chi connectivity index (χ4v) is 3.54. The summed E-state index contributed by atoms with van der Waals surface area (Å²) in [5.74, 6) is -4.23. The Bertz CT molecular complexity index is 1010. The van der Waals surface area contributed by atoms with Crippen LogP contribution < -0.4 is 0 Å². The van der Waals surface area contributed by atoms with Crippen LogP contribution in [0.1, 0.15) is 44.2 Å². The Balaban J connectivity index is 0.000000340. The van der Waals surface area contributed by atoms with Crippen LogP contribution in [0.5, 0.6) is 0 Å². The Labute approximate surface area is 212 Å². The van der Waals surface area contributed by atoms with Gasteiger partial charge in [0.05, 0.1) is 19.6 Å². The molecule has 0 fully saturated rings. The highest BCUT2D eigenvalue weighted by Crippen LogP contribution is 2.23. The second kappa shape index (κ2) is 15.7. The summed E-state index contributed by atoms with van der Waals surface area (Å²) in [6, 6.07) is 4.33. The Morgan fingerprint density at radius 3 is 1.97 bits per heavy atom. The van der Waals surface area contributed by atoms with Crippen molar-refractivity contribution in [1.82, 2.24) is 0 Å². The maximum Gasteiger partial charge on any atom is 0.309 e. The van der Waals surface area contributed by atoms with E-state index in [0.29, 0.717) is 46.1 Å². The molecule has 0 aliphatic carbocycles. The zero-order valence-corrected chi connectivity index (χ0v) is 21.8. The van der Waals surface area contributed by atoms with Crippen LogP contribution in [0, 0.1) is 23.3 Å². The maximum atomic E-state index is 13.0. The van der Waals surface area contributed by atoms with Crippen molar-refractivity contribution in [2.45, 2.75) is 39.5 Å². The summed E-state index contributed by atoms with van der Waals surface area (Å²) in [4.78, 5) is 22.1.